The largest absolute Gasteiger partial charge is 0.325 e. The van der Waals surface area contributed by atoms with E-state index in [4.69, 9.17) is 0 Å². The number of H-pyrrole nitrogens is 1. The van der Waals surface area contributed by atoms with E-state index in [2.05, 4.69) is 25.6 Å². The van der Waals surface area contributed by atoms with Gasteiger partial charge in [-0.1, -0.05) is 0 Å². The highest BCUT2D eigenvalue weighted by molar-refractivity contribution is 5.93. The average molecular weight is 312 g/mol. The number of nitrogens with zero attached hydrogens (tertiary/aromatic N) is 4. The van der Waals surface area contributed by atoms with Crippen molar-refractivity contribution in [1.29, 1.82) is 0 Å². The zero-order valence-electron chi connectivity index (χ0n) is 13.8. The first-order valence-electron chi connectivity index (χ1n) is 7.55. The van der Waals surface area contributed by atoms with Gasteiger partial charge in [-0.15, -0.1) is 0 Å². The molecular formula is C16H20N6O. The van der Waals surface area contributed by atoms with Gasteiger partial charge in [-0.25, -0.2) is 4.98 Å². The van der Waals surface area contributed by atoms with Gasteiger partial charge >= 0.3 is 0 Å². The molecule has 23 heavy (non-hydrogen) atoms. The van der Waals surface area contributed by atoms with Crippen LogP contribution in [0.25, 0.3) is 11.0 Å². The maximum absolute atomic E-state index is 12.2. The minimum Gasteiger partial charge on any atom is -0.325 e. The number of pyridine rings is 1. The Kier molecular flexibility index (Phi) is 3.85. The quantitative estimate of drug-likeness (QED) is 0.773. The predicted molar refractivity (Wildman–Crippen MR) is 88.3 cm³/mol. The van der Waals surface area contributed by atoms with Crippen LogP contribution in [0.4, 0.5) is 5.69 Å². The number of nitrogens with one attached hydrogen (secondary N) is 2. The van der Waals surface area contributed by atoms with Crippen LogP contribution >= 0.6 is 0 Å². The third-order valence-corrected chi connectivity index (χ3v) is 4.14. The first-order valence-corrected chi connectivity index (χ1v) is 7.55. The lowest BCUT2D eigenvalue weighted by atomic mass is 10.1. The Morgan fingerprint density at radius 2 is 2.13 bits per heavy atom. The first-order chi connectivity index (χ1) is 11.0. The van der Waals surface area contributed by atoms with E-state index in [1.54, 1.807) is 6.20 Å². The van der Waals surface area contributed by atoms with Crippen LogP contribution in [-0.4, -0.2) is 30.9 Å². The topological polar surface area (TPSA) is 88.5 Å². The summed E-state index contributed by atoms with van der Waals surface area (Å²) in [6.07, 6.45) is 2.72. The zero-order chi connectivity index (χ0) is 16.6. The molecule has 0 aliphatic heterocycles. The van der Waals surface area contributed by atoms with Crippen molar-refractivity contribution < 1.29 is 4.79 Å². The second kappa shape index (κ2) is 5.83. The molecular weight excluding hydrogens is 292 g/mol. The van der Waals surface area contributed by atoms with E-state index >= 15 is 0 Å². The maximum atomic E-state index is 12.2. The standard InChI is InChI=1S/C16H20N6O/c1-9-14-7-12(8-17-16(14)20-19-9)18-15(23)6-5-13-10(2)21-22(4)11(13)3/h7-8H,5-6H2,1-4H3,(H,18,23)(H,17,19,20). The van der Waals surface area contributed by atoms with Gasteiger partial charge in [0.1, 0.15) is 0 Å². The van der Waals surface area contributed by atoms with Crippen molar-refractivity contribution in [1.82, 2.24) is 25.0 Å². The molecule has 0 aromatic carbocycles. The van der Waals surface area contributed by atoms with Gasteiger partial charge in [0.2, 0.25) is 5.91 Å². The number of aryl methyl sites for hydroxylation is 3. The van der Waals surface area contributed by atoms with Gasteiger partial charge in [0.15, 0.2) is 5.65 Å². The van der Waals surface area contributed by atoms with Gasteiger partial charge in [-0.2, -0.15) is 10.2 Å². The highest BCUT2D eigenvalue weighted by Gasteiger charge is 2.12. The number of aromatic amines is 1. The number of hydrogen-bond acceptors (Lipinski definition) is 4. The van der Waals surface area contributed by atoms with Crippen molar-refractivity contribution in [3.05, 3.63) is 34.9 Å². The number of aromatic nitrogens is 5. The normalized spacial score (nSPS) is 11.1. The lowest BCUT2D eigenvalue weighted by molar-refractivity contribution is -0.116. The number of rotatable bonds is 4. The van der Waals surface area contributed by atoms with Crippen LogP contribution in [0.15, 0.2) is 12.3 Å². The zero-order valence-corrected chi connectivity index (χ0v) is 13.8. The number of anilines is 1. The van der Waals surface area contributed by atoms with Gasteiger partial charge < -0.3 is 5.32 Å². The fourth-order valence-electron chi connectivity index (χ4n) is 2.73. The van der Waals surface area contributed by atoms with E-state index in [-0.39, 0.29) is 5.91 Å². The molecule has 0 saturated heterocycles. The smallest absolute Gasteiger partial charge is 0.224 e. The lowest BCUT2D eigenvalue weighted by Crippen LogP contribution is -2.13. The van der Waals surface area contributed by atoms with E-state index in [9.17, 15) is 4.79 Å². The summed E-state index contributed by atoms with van der Waals surface area (Å²) in [5.74, 6) is -0.0325. The van der Waals surface area contributed by atoms with Crippen molar-refractivity contribution in [3.63, 3.8) is 0 Å². The molecule has 7 nitrogen and oxygen atoms in total. The summed E-state index contributed by atoms with van der Waals surface area (Å²) in [6.45, 7) is 5.92. The lowest BCUT2D eigenvalue weighted by Gasteiger charge is -2.05. The SMILES string of the molecule is Cc1nn(C)c(C)c1CCC(=O)Nc1cnc2n[nH]c(C)c2c1. The molecule has 0 unspecified atom stereocenters. The van der Waals surface area contributed by atoms with Gasteiger partial charge in [0.25, 0.3) is 0 Å². The van der Waals surface area contributed by atoms with Crippen LogP contribution in [0, 0.1) is 20.8 Å². The van der Waals surface area contributed by atoms with E-state index < -0.39 is 0 Å². The Labute approximate surface area is 134 Å². The number of carbonyl (C=O) groups excluding carboxylic acids is 1. The second-order valence-corrected chi connectivity index (χ2v) is 5.76. The minimum absolute atomic E-state index is 0.0325. The Balaban J connectivity index is 1.67. The van der Waals surface area contributed by atoms with Gasteiger partial charge in [0, 0.05) is 30.2 Å². The molecule has 0 aliphatic rings. The van der Waals surface area contributed by atoms with E-state index in [0.29, 0.717) is 24.2 Å². The molecule has 7 heteroatoms. The first kappa shape index (κ1) is 15.2. The molecule has 0 radical (unpaired) electrons. The fraction of sp³-hybridized carbons (Fsp3) is 0.375. The van der Waals surface area contributed by atoms with E-state index in [1.165, 1.54) is 0 Å². The number of carbonyl (C=O) groups is 1. The van der Waals surface area contributed by atoms with Crippen molar-refractivity contribution in [2.75, 3.05) is 5.32 Å². The number of fused-ring (bicyclic) bond motifs is 1. The summed E-state index contributed by atoms with van der Waals surface area (Å²) in [4.78, 5) is 16.4. The summed E-state index contributed by atoms with van der Waals surface area (Å²) in [5.41, 5.74) is 5.50. The van der Waals surface area contributed by atoms with Crippen LogP contribution in [0.1, 0.15) is 29.1 Å². The molecule has 3 aromatic rings. The molecule has 0 bridgehead atoms. The Bertz CT molecular complexity index is 876. The highest BCUT2D eigenvalue weighted by Crippen LogP contribution is 2.18. The van der Waals surface area contributed by atoms with Crippen molar-refractivity contribution in [2.24, 2.45) is 7.05 Å². The monoisotopic (exact) mass is 312 g/mol. The maximum Gasteiger partial charge on any atom is 0.224 e. The molecule has 0 atom stereocenters. The fourth-order valence-corrected chi connectivity index (χ4v) is 2.73. The van der Waals surface area contributed by atoms with Crippen LogP contribution in [0.3, 0.4) is 0 Å². The third kappa shape index (κ3) is 2.94. The molecule has 3 rings (SSSR count). The summed E-state index contributed by atoms with van der Waals surface area (Å²) < 4.78 is 1.85. The van der Waals surface area contributed by atoms with Crippen molar-refractivity contribution in [2.45, 2.75) is 33.6 Å². The highest BCUT2D eigenvalue weighted by atomic mass is 16.1. The predicted octanol–water partition coefficient (Wildman–Crippen LogP) is 2.19. The summed E-state index contributed by atoms with van der Waals surface area (Å²) in [7, 11) is 1.92. The molecule has 0 aliphatic carbocycles. The Morgan fingerprint density at radius 3 is 2.83 bits per heavy atom. The molecule has 3 heterocycles. The summed E-state index contributed by atoms with van der Waals surface area (Å²) in [5, 5.41) is 15.2. The molecule has 0 saturated carbocycles. The molecule has 120 valence electrons. The van der Waals surface area contributed by atoms with E-state index in [0.717, 1.165) is 28.0 Å². The van der Waals surface area contributed by atoms with Crippen molar-refractivity contribution >= 4 is 22.6 Å². The van der Waals surface area contributed by atoms with Crippen molar-refractivity contribution in [3.8, 4) is 0 Å². The second-order valence-electron chi connectivity index (χ2n) is 5.76. The van der Waals surface area contributed by atoms with Gasteiger partial charge in [0.05, 0.1) is 17.6 Å². The van der Waals surface area contributed by atoms with Gasteiger partial charge in [-0.05, 0) is 38.8 Å². The van der Waals surface area contributed by atoms with E-state index in [1.807, 2.05) is 38.6 Å². The van der Waals surface area contributed by atoms with Crippen LogP contribution < -0.4 is 5.32 Å². The van der Waals surface area contributed by atoms with Crippen LogP contribution in [0.5, 0.6) is 0 Å². The number of hydrogen-bond donors (Lipinski definition) is 2. The summed E-state index contributed by atoms with van der Waals surface area (Å²) in [6, 6.07) is 1.89. The molecule has 1 amide bonds. The van der Waals surface area contributed by atoms with Crippen LogP contribution in [-0.2, 0) is 18.3 Å². The Hall–Kier alpha value is -2.70. The molecule has 0 fully saturated rings. The van der Waals surface area contributed by atoms with Gasteiger partial charge in [-0.3, -0.25) is 14.6 Å². The molecule has 0 spiro atoms. The molecule has 2 N–H and O–H groups in total. The Morgan fingerprint density at radius 1 is 1.35 bits per heavy atom. The number of amides is 1. The van der Waals surface area contributed by atoms with Crippen LogP contribution in [0.2, 0.25) is 0 Å². The minimum atomic E-state index is -0.0325. The molecule has 3 aromatic heterocycles. The summed E-state index contributed by atoms with van der Waals surface area (Å²) >= 11 is 0. The third-order valence-electron chi connectivity index (χ3n) is 4.14. The average Bonchev–Trinajstić information content (AvgIpc) is 2.99.